The summed E-state index contributed by atoms with van der Waals surface area (Å²) in [5.41, 5.74) is 2.70. The summed E-state index contributed by atoms with van der Waals surface area (Å²) in [6.07, 6.45) is -0.862. The van der Waals surface area contributed by atoms with Crippen molar-refractivity contribution < 1.29 is 15.0 Å². The van der Waals surface area contributed by atoms with Gasteiger partial charge in [0.15, 0.2) is 0 Å². The lowest BCUT2D eigenvalue weighted by Crippen LogP contribution is -2.34. The number of carbonyl (C=O) groups is 1. The van der Waals surface area contributed by atoms with Crippen LogP contribution in [0.15, 0.2) is 18.2 Å². The maximum Gasteiger partial charge on any atom is 0.254 e. The molecule has 0 bridgehead atoms. The number of amides is 1. The van der Waals surface area contributed by atoms with Gasteiger partial charge in [0.1, 0.15) is 0 Å². The molecule has 0 saturated carbocycles. The highest BCUT2D eigenvalue weighted by Gasteiger charge is 2.29. The van der Waals surface area contributed by atoms with Crippen molar-refractivity contribution in [2.75, 3.05) is 13.2 Å². The second-order valence-electron chi connectivity index (χ2n) is 4.13. The molecule has 0 unspecified atom stereocenters. The zero-order valence-corrected chi connectivity index (χ0v) is 9.18. The van der Waals surface area contributed by atoms with Crippen LogP contribution in [0.3, 0.4) is 0 Å². The first-order valence-electron chi connectivity index (χ1n) is 5.30. The Morgan fingerprint density at radius 2 is 2.25 bits per heavy atom. The standard InChI is InChI=1S/C12H15NO3/c1-8-3-2-4-9-5-13(6-10(15)7-14)12(16)11(8)9/h2-4,10,14-15H,5-7H2,1H3/t10-/m0/s1. The lowest BCUT2D eigenvalue weighted by Gasteiger charge is -2.18. The fourth-order valence-corrected chi connectivity index (χ4v) is 2.06. The number of hydrogen-bond acceptors (Lipinski definition) is 3. The first-order valence-corrected chi connectivity index (χ1v) is 5.30. The van der Waals surface area contributed by atoms with Crippen LogP contribution < -0.4 is 0 Å². The molecule has 0 saturated heterocycles. The molecule has 0 radical (unpaired) electrons. The second kappa shape index (κ2) is 4.23. The van der Waals surface area contributed by atoms with Gasteiger partial charge in [0.25, 0.3) is 5.91 Å². The van der Waals surface area contributed by atoms with Gasteiger partial charge in [0.2, 0.25) is 0 Å². The molecule has 1 heterocycles. The predicted molar refractivity (Wildman–Crippen MR) is 59.0 cm³/mol. The van der Waals surface area contributed by atoms with E-state index in [0.717, 1.165) is 16.7 Å². The van der Waals surface area contributed by atoms with Gasteiger partial charge < -0.3 is 15.1 Å². The lowest BCUT2D eigenvalue weighted by molar-refractivity contribution is 0.0475. The molecule has 2 N–H and O–H groups in total. The Morgan fingerprint density at radius 3 is 2.88 bits per heavy atom. The van der Waals surface area contributed by atoms with E-state index < -0.39 is 6.10 Å². The minimum atomic E-state index is -0.862. The first-order chi connectivity index (χ1) is 7.63. The molecule has 1 atom stereocenters. The highest BCUT2D eigenvalue weighted by atomic mass is 16.3. The van der Waals surface area contributed by atoms with Gasteiger partial charge in [-0.1, -0.05) is 18.2 Å². The van der Waals surface area contributed by atoms with Crippen LogP contribution in [0.2, 0.25) is 0 Å². The van der Waals surface area contributed by atoms with Gasteiger partial charge in [0, 0.05) is 18.7 Å². The molecule has 1 aromatic rings. The molecule has 0 aromatic heterocycles. The van der Waals surface area contributed by atoms with E-state index in [1.807, 2.05) is 25.1 Å². The highest BCUT2D eigenvalue weighted by molar-refractivity contribution is 5.99. The predicted octanol–water partition coefficient (Wildman–Crippen LogP) is 0.304. The third-order valence-electron chi connectivity index (χ3n) is 2.86. The van der Waals surface area contributed by atoms with Gasteiger partial charge in [-0.15, -0.1) is 0 Å². The van der Waals surface area contributed by atoms with Gasteiger partial charge in [0.05, 0.1) is 12.7 Å². The van der Waals surface area contributed by atoms with E-state index >= 15 is 0 Å². The average Bonchev–Trinajstić information content (AvgIpc) is 2.57. The SMILES string of the molecule is Cc1cccc2c1C(=O)N(C[C@H](O)CO)C2. The molecule has 1 aromatic carbocycles. The summed E-state index contributed by atoms with van der Waals surface area (Å²) in [4.78, 5) is 13.6. The third-order valence-corrected chi connectivity index (χ3v) is 2.86. The Morgan fingerprint density at radius 1 is 1.50 bits per heavy atom. The number of rotatable bonds is 3. The molecule has 0 spiro atoms. The number of hydrogen-bond donors (Lipinski definition) is 2. The minimum Gasteiger partial charge on any atom is -0.394 e. The molecule has 2 rings (SSSR count). The number of fused-ring (bicyclic) bond motifs is 1. The summed E-state index contributed by atoms with van der Waals surface area (Å²) in [7, 11) is 0. The van der Waals surface area contributed by atoms with Gasteiger partial charge in [-0.3, -0.25) is 4.79 Å². The summed E-state index contributed by atoms with van der Waals surface area (Å²) in [5, 5.41) is 18.1. The number of β-amino-alcohol motifs (C(OH)–C–C–N with tert-alkyl or cyclic N) is 1. The molecule has 1 amide bonds. The first kappa shape index (κ1) is 11.1. The molecular formula is C12H15NO3. The summed E-state index contributed by atoms with van der Waals surface area (Å²) >= 11 is 0. The minimum absolute atomic E-state index is 0.0550. The number of aliphatic hydroxyl groups is 2. The average molecular weight is 221 g/mol. The van der Waals surface area contributed by atoms with Crippen LogP contribution in [0.1, 0.15) is 21.5 Å². The Hall–Kier alpha value is -1.39. The number of aliphatic hydroxyl groups excluding tert-OH is 2. The van der Waals surface area contributed by atoms with E-state index in [2.05, 4.69) is 0 Å². The van der Waals surface area contributed by atoms with Gasteiger partial charge in [-0.25, -0.2) is 0 Å². The van der Waals surface area contributed by atoms with E-state index in [4.69, 9.17) is 5.11 Å². The number of nitrogens with zero attached hydrogens (tertiary/aromatic N) is 1. The fraction of sp³-hybridized carbons (Fsp3) is 0.417. The van der Waals surface area contributed by atoms with Crippen LogP contribution in [0.4, 0.5) is 0 Å². The normalized spacial score (nSPS) is 16.4. The van der Waals surface area contributed by atoms with Crippen molar-refractivity contribution in [2.24, 2.45) is 0 Å². The van der Waals surface area contributed by atoms with E-state index in [0.29, 0.717) is 6.54 Å². The third kappa shape index (κ3) is 1.81. The van der Waals surface area contributed by atoms with Crippen molar-refractivity contribution in [3.8, 4) is 0 Å². The molecule has 0 aliphatic carbocycles. The second-order valence-corrected chi connectivity index (χ2v) is 4.13. The fourth-order valence-electron chi connectivity index (χ4n) is 2.06. The van der Waals surface area contributed by atoms with Crippen LogP contribution in [0.25, 0.3) is 0 Å². The Kier molecular flexibility index (Phi) is 2.94. The largest absolute Gasteiger partial charge is 0.394 e. The van der Waals surface area contributed by atoms with Crippen molar-refractivity contribution >= 4 is 5.91 Å². The highest BCUT2D eigenvalue weighted by Crippen LogP contribution is 2.25. The van der Waals surface area contributed by atoms with Gasteiger partial charge >= 0.3 is 0 Å². The zero-order valence-electron chi connectivity index (χ0n) is 9.18. The van der Waals surface area contributed by atoms with Crippen molar-refractivity contribution in [1.82, 2.24) is 4.90 Å². The maximum absolute atomic E-state index is 12.0. The van der Waals surface area contributed by atoms with Crippen LogP contribution >= 0.6 is 0 Å². The van der Waals surface area contributed by atoms with E-state index in [-0.39, 0.29) is 19.1 Å². The van der Waals surface area contributed by atoms with Crippen molar-refractivity contribution in [3.63, 3.8) is 0 Å². The van der Waals surface area contributed by atoms with Crippen LogP contribution in [0, 0.1) is 6.92 Å². The molecule has 86 valence electrons. The Labute approximate surface area is 94.1 Å². The van der Waals surface area contributed by atoms with E-state index in [9.17, 15) is 9.90 Å². The number of benzene rings is 1. The molecule has 4 nitrogen and oxygen atoms in total. The Bertz CT molecular complexity index is 417. The van der Waals surface area contributed by atoms with Crippen molar-refractivity contribution in [1.29, 1.82) is 0 Å². The van der Waals surface area contributed by atoms with Crippen LogP contribution in [0.5, 0.6) is 0 Å². The van der Waals surface area contributed by atoms with Crippen molar-refractivity contribution in [3.05, 3.63) is 34.9 Å². The molecule has 0 fully saturated rings. The summed E-state index contributed by atoms with van der Waals surface area (Å²) in [5.74, 6) is -0.0550. The van der Waals surface area contributed by atoms with Gasteiger partial charge in [-0.2, -0.15) is 0 Å². The number of carbonyl (C=O) groups excluding carboxylic acids is 1. The molecule has 16 heavy (non-hydrogen) atoms. The maximum atomic E-state index is 12.0. The summed E-state index contributed by atoms with van der Waals surface area (Å²) < 4.78 is 0. The molecular weight excluding hydrogens is 206 g/mol. The van der Waals surface area contributed by atoms with Crippen molar-refractivity contribution in [2.45, 2.75) is 19.6 Å². The Balaban J connectivity index is 2.21. The van der Waals surface area contributed by atoms with Crippen LogP contribution in [-0.4, -0.2) is 40.3 Å². The zero-order chi connectivity index (χ0) is 11.7. The van der Waals surface area contributed by atoms with E-state index in [1.165, 1.54) is 0 Å². The van der Waals surface area contributed by atoms with E-state index in [1.54, 1.807) is 4.90 Å². The summed E-state index contributed by atoms with van der Waals surface area (Å²) in [6.45, 7) is 2.29. The molecule has 4 heteroatoms. The number of aryl methyl sites for hydroxylation is 1. The smallest absolute Gasteiger partial charge is 0.254 e. The molecule has 1 aliphatic heterocycles. The van der Waals surface area contributed by atoms with Crippen LogP contribution in [-0.2, 0) is 6.54 Å². The summed E-state index contributed by atoms with van der Waals surface area (Å²) in [6, 6.07) is 5.75. The van der Waals surface area contributed by atoms with Gasteiger partial charge in [-0.05, 0) is 18.1 Å². The topological polar surface area (TPSA) is 60.8 Å². The lowest BCUT2D eigenvalue weighted by atomic mass is 10.0. The molecule has 1 aliphatic rings. The quantitative estimate of drug-likeness (QED) is 0.772. The monoisotopic (exact) mass is 221 g/mol.